The van der Waals surface area contributed by atoms with Crippen molar-refractivity contribution in [3.8, 4) is 0 Å². The first kappa shape index (κ1) is 15.0. The molecule has 0 unspecified atom stereocenters. The second-order valence-electron chi connectivity index (χ2n) is 2.87. The largest absolute Gasteiger partial charge is 0.480 e. The number of unbranched alkanes of at least 4 members (excludes halogenated alkanes) is 3. The van der Waals surface area contributed by atoms with Gasteiger partial charge in [-0.05, 0) is 19.3 Å². The Morgan fingerprint density at radius 3 is 2.54 bits per heavy atom. The molecular formula is C9H18ClNO2. The Bertz CT molecular complexity index is 151. The molecule has 0 spiro atoms. The summed E-state index contributed by atoms with van der Waals surface area (Å²) in [5, 5.41) is 8.44. The van der Waals surface area contributed by atoms with E-state index in [1.807, 2.05) is 6.08 Å². The van der Waals surface area contributed by atoms with Gasteiger partial charge < -0.3 is 10.8 Å². The quantitative estimate of drug-likeness (QED) is 0.496. The van der Waals surface area contributed by atoms with Gasteiger partial charge >= 0.3 is 5.97 Å². The lowest BCUT2D eigenvalue weighted by Gasteiger charge is -2.04. The van der Waals surface area contributed by atoms with Crippen LogP contribution < -0.4 is 5.73 Å². The van der Waals surface area contributed by atoms with Crippen LogP contribution in [0.25, 0.3) is 0 Å². The van der Waals surface area contributed by atoms with E-state index in [2.05, 4.69) is 6.58 Å². The predicted molar refractivity (Wildman–Crippen MR) is 56.1 cm³/mol. The molecule has 0 bridgehead atoms. The zero-order chi connectivity index (χ0) is 9.40. The van der Waals surface area contributed by atoms with Crippen molar-refractivity contribution in [2.24, 2.45) is 5.73 Å². The van der Waals surface area contributed by atoms with Crippen LogP contribution in [0.5, 0.6) is 0 Å². The van der Waals surface area contributed by atoms with E-state index in [1.54, 1.807) is 0 Å². The Labute approximate surface area is 85.4 Å². The molecule has 0 saturated carbocycles. The summed E-state index contributed by atoms with van der Waals surface area (Å²) >= 11 is 0. The van der Waals surface area contributed by atoms with E-state index in [-0.39, 0.29) is 12.4 Å². The summed E-state index contributed by atoms with van der Waals surface area (Å²) in [4.78, 5) is 10.3. The number of carboxylic acids is 1. The number of aliphatic carboxylic acids is 1. The van der Waals surface area contributed by atoms with Crippen LogP contribution in [-0.4, -0.2) is 17.1 Å². The molecule has 0 saturated heterocycles. The van der Waals surface area contributed by atoms with E-state index in [0.29, 0.717) is 6.42 Å². The van der Waals surface area contributed by atoms with E-state index >= 15 is 0 Å². The maximum Gasteiger partial charge on any atom is 0.320 e. The first-order chi connectivity index (χ1) is 5.68. The number of carboxylic acid groups (broad SMARTS) is 1. The molecule has 3 N–H and O–H groups in total. The number of allylic oxidation sites excluding steroid dienone is 1. The summed E-state index contributed by atoms with van der Waals surface area (Å²) in [6.45, 7) is 3.60. The van der Waals surface area contributed by atoms with Gasteiger partial charge in [-0.1, -0.05) is 18.9 Å². The highest BCUT2D eigenvalue weighted by Gasteiger charge is 2.09. The average molecular weight is 208 g/mol. The molecule has 0 rings (SSSR count). The third-order valence-corrected chi connectivity index (χ3v) is 1.74. The van der Waals surface area contributed by atoms with E-state index in [0.717, 1.165) is 25.7 Å². The molecule has 0 aliphatic carbocycles. The van der Waals surface area contributed by atoms with Crippen LogP contribution in [0.15, 0.2) is 12.7 Å². The number of nitrogens with two attached hydrogens (primary N) is 1. The van der Waals surface area contributed by atoms with Gasteiger partial charge in [0.1, 0.15) is 6.04 Å². The van der Waals surface area contributed by atoms with Crippen LogP contribution in [0.2, 0.25) is 0 Å². The minimum absolute atomic E-state index is 0. The minimum Gasteiger partial charge on any atom is -0.480 e. The molecule has 13 heavy (non-hydrogen) atoms. The predicted octanol–water partition coefficient (Wildman–Crippen LogP) is 1.96. The maximum atomic E-state index is 10.3. The summed E-state index contributed by atoms with van der Waals surface area (Å²) in [7, 11) is 0. The third-order valence-electron chi connectivity index (χ3n) is 1.74. The number of halogens is 1. The van der Waals surface area contributed by atoms with Gasteiger partial charge in [0, 0.05) is 0 Å². The molecule has 0 aromatic carbocycles. The molecule has 0 aliphatic heterocycles. The normalized spacial score (nSPS) is 11.5. The number of hydrogen-bond acceptors (Lipinski definition) is 2. The van der Waals surface area contributed by atoms with Crippen LogP contribution in [0.1, 0.15) is 32.1 Å². The summed E-state index contributed by atoms with van der Waals surface area (Å²) in [6.07, 6.45) is 6.45. The van der Waals surface area contributed by atoms with Crippen LogP contribution in [-0.2, 0) is 4.79 Å². The smallest absolute Gasteiger partial charge is 0.320 e. The second kappa shape index (κ2) is 9.55. The van der Waals surface area contributed by atoms with Crippen molar-refractivity contribution in [1.82, 2.24) is 0 Å². The van der Waals surface area contributed by atoms with Crippen molar-refractivity contribution in [2.75, 3.05) is 0 Å². The number of hydrogen-bond donors (Lipinski definition) is 2. The summed E-state index contributed by atoms with van der Waals surface area (Å²) < 4.78 is 0. The number of carbonyl (C=O) groups is 1. The first-order valence-electron chi connectivity index (χ1n) is 4.27. The molecule has 0 aromatic rings. The van der Waals surface area contributed by atoms with Gasteiger partial charge in [-0.2, -0.15) is 0 Å². The van der Waals surface area contributed by atoms with Crippen molar-refractivity contribution in [1.29, 1.82) is 0 Å². The fraction of sp³-hybridized carbons (Fsp3) is 0.667. The molecule has 0 fully saturated rings. The van der Waals surface area contributed by atoms with Gasteiger partial charge in [-0.15, -0.1) is 19.0 Å². The van der Waals surface area contributed by atoms with Gasteiger partial charge in [0.2, 0.25) is 0 Å². The molecule has 0 radical (unpaired) electrons. The van der Waals surface area contributed by atoms with E-state index in [1.165, 1.54) is 0 Å². The summed E-state index contributed by atoms with van der Waals surface area (Å²) in [5.41, 5.74) is 5.31. The van der Waals surface area contributed by atoms with Crippen LogP contribution in [0.4, 0.5) is 0 Å². The minimum atomic E-state index is -0.904. The van der Waals surface area contributed by atoms with E-state index in [9.17, 15) is 4.79 Å². The molecular weight excluding hydrogens is 190 g/mol. The van der Waals surface area contributed by atoms with Gasteiger partial charge in [-0.25, -0.2) is 0 Å². The van der Waals surface area contributed by atoms with Crippen LogP contribution >= 0.6 is 12.4 Å². The van der Waals surface area contributed by atoms with E-state index in [4.69, 9.17) is 10.8 Å². The Hall–Kier alpha value is -0.540. The van der Waals surface area contributed by atoms with Crippen LogP contribution in [0, 0.1) is 0 Å². The molecule has 0 amide bonds. The zero-order valence-corrected chi connectivity index (χ0v) is 8.55. The molecule has 0 heterocycles. The first-order valence-corrected chi connectivity index (χ1v) is 4.27. The van der Waals surface area contributed by atoms with Gasteiger partial charge in [0.25, 0.3) is 0 Å². The topological polar surface area (TPSA) is 63.3 Å². The summed E-state index contributed by atoms with van der Waals surface area (Å²) in [5.74, 6) is -0.904. The lowest BCUT2D eigenvalue weighted by atomic mass is 10.1. The average Bonchev–Trinajstić information content (AvgIpc) is 2.03. The Morgan fingerprint density at radius 1 is 1.46 bits per heavy atom. The Morgan fingerprint density at radius 2 is 2.08 bits per heavy atom. The SMILES string of the molecule is C=CCCCCC[C@@H](N)C(=O)O.Cl. The molecule has 78 valence electrons. The second-order valence-corrected chi connectivity index (χ2v) is 2.87. The highest BCUT2D eigenvalue weighted by atomic mass is 35.5. The molecule has 1 atom stereocenters. The van der Waals surface area contributed by atoms with Crippen molar-refractivity contribution < 1.29 is 9.90 Å². The maximum absolute atomic E-state index is 10.3. The molecule has 0 aromatic heterocycles. The van der Waals surface area contributed by atoms with Gasteiger partial charge in [0.15, 0.2) is 0 Å². The fourth-order valence-corrected chi connectivity index (χ4v) is 0.953. The van der Waals surface area contributed by atoms with Gasteiger partial charge in [0.05, 0.1) is 0 Å². The highest BCUT2D eigenvalue weighted by Crippen LogP contribution is 2.04. The number of rotatable bonds is 7. The van der Waals surface area contributed by atoms with Crippen molar-refractivity contribution in [2.45, 2.75) is 38.1 Å². The lowest BCUT2D eigenvalue weighted by Crippen LogP contribution is -2.29. The lowest BCUT2D eigenvalue weighted by molar-refractivity contribution is -0.138. The molecule has 4 heteroatoms. The van der Waals surface area contributed by atoms with Crippen molar-refractivity contribution in [3.63, 3.8) is 0 Å². The van der Waals surface area contributed by atoms with Gasteiger partial charge in [-0.3, -0.25) is 4.79 Å². The summed E-state index contributed by atoms with van der Waals surface area (Å²) in [6, 6.07) is -0.686. The Kier molecular flexibility index (Phi) is 11.0. The fourth-order valence-electron chi connectivity index (χ4n) is 0.953. The molecule has 3 nitrogen and oxygen atoms in total. The zero-order valence-electron chi connectivity index (χ0n) is 7.74. The van der Waals surface area contributed by atoms with Crippen LogP contribution in [0.3, 0.4) is 0 Å². The Balaban J connectivity index is 0. The standard InChI is InChI=1S/C9H17NO2.ClH/c1-2-3-4-5-6-7-8(10)9(11)12;/h2,8H,1,3-7,10H2,(H,11,12);1H/t8-;/m1./s1. The molecule has 0 aliphatic rings. The van der Waals surface area contributed by atoms with E-state index < -0.39 is 12.0 Å². The highest BCUT2D eigenvalue weighted by molar-refractivity contribution is 5.85. The third kappa shape index (κ3) is 9.37. The van der Waals surface area contributed by atoms with Crippen molar-refractivity contribution >= 4 is 18.4 Å². The van der Waals surface area contributed by atoms with Crippen molar-refractivity contribution in [3.05, 3.63) is 12.7 Å². The monoisotopic (exact) mass is 207 g/mol.